The Morgan fingerprint density at radius 2 is 1.69 bits per heavy atom. The lowest BCUT2D eigenvalue weighted by molar-refractivity contribution is -0.137. The van der Waals surface area contributed by atoms with E-state index in [9.17, 15) is 18.0 Å². The van der Waals surface area contributed by atoms with Crippen LogP contribution in [0.2, 0.25) is 0 Å². The molecule has 0 bridgehead atoms. The van der Waals surface area contributed by atoms with Gasteiger partial charge < -0.3 is 5.32 Å². The van der Waals surface area contributed by atoms with Gasteiger partial charge in [-0.3, -0.25) is 4.79 Å². The van der Waals surface area contributed by atoms with E-state index in [4.69, 9.17) is 0 Å². The molecule has 1 heterocycles. The van der Waals surface area contributed by atoms with Gasteiger partial charge in [0.05, 0.1) is 5.56 Å². The summed E-state index contributed by atoms with van der Waals surface area (Å²) >= 11 is 1.63. The first-order chi connectivity index (χ1) is 12.4. The highest BCUT2D eigenvalue weighted by molar-refractivity contribution is 7.09. The van der Waals surface area contributed by atoms with Gasteiger partial charge in [0.25, 0.3) is 5.91 Å². The van der Waals surface area contributed by atoms with Gasteiger partial charge in [-0.15, -0.1) is 11.3 Å². The second-order valence-electron chi connectivity index (χ2n) is 5.71. The van der Waals surface area contributed by atoms with Crippen LogP contribution in [0.1, 0.15) is 20.8 Å². The minimum Gasteiger partial charge on any atom is -0.352 e. The molecule has 2 nitrogen and oxygen atoms in total. The van der Waals surface area contributed by atoms with Gasteiger partial charge in [-0.2, -0.15) is 13.2 Å². The molecule has 0 aliphatic rings. The summed E-state index contributed by atoms with van der Waals surface area (Å²) in [6.07, 6.45) is -3.64. The molecule has 0 aliphatic heterocycles. The summed E-state index contributed by atoms with van der Waals surface area (Å²) in [6.45, 7) is 0.501. The van der Waals surface area contributed by atoms with Crippen LogP contribution >= 0.6 is 11.3 Å². The molecule has 0 fully saturated rings. The molecule has 1 aromatic heterocycles. The van der Waals surface area contributed by atoms with Gasteiger partial charge >= 0.3 is 6.18 Å². The number of amides is 1. The lowest BCUT2D eigenvalue weighted by Gasteiger charge is -2.12. The monoisotopic (exact) mass is 375 g/mol. The molecular weight excluding hydrogens is 359 g/mol. The molecule has 3 rings (SSSR count). The summed E-state index contributed by atoms with van der Waals surface area (Å²) in [5.41, 5.74) is 0.912. The van der Waals surface area contributed by atoms with Crippen molar-refractivity contribution in [1.82, 2.24) is 5.32 Å². The van der Waals surface area contributed by atoms with Crippen LogP contribution in [0.3, 0.4) is 0 Å². The van der Waals surface area contributed by atoms with Crippen LogP contribution in [0.4, 0.5) is 13.2 Å². The SMILES string of the molecule is O=C(NCCc1cccs1)c1ccccc1-c1ccc(C(F)(F)F)cc1. The molecule has 1 amide bonds. The summed E-state index contributed by atoms with van der Waals surface area (Å²) in [5.74, 6) is -0.239. The number of thiophene rings is 1. The number of hydrogen-bond donors (Lipinski definition) is 1. The lowest BCUT2D eigenvalue weighted by Crippen LogP contribution is -2.26. The average Bonchev–Trinajstić information content (AvgIpc) is 3.14. The third kappa shape index (κ3) is 4.32. The Labute approximate surface area is 153 Å². The lowest BCUT2D eigenvalue weighted by atomic mass is 9.98. The Balaban J connectivity index is 1.76. The van der Waals surface area contributed by atoms with Crippen LogP contribution < -0.4 is 5.32 Å². The molecule has 1 N–H and O–H groups in total. The van der Waals surface area contributed by atoms with E-state index in [0.29, 0.717) is 23.2 Å². The van der Waals surface area contributed by atoms with Crippen molar-refractivity contribution in [2.45, 2.75) is 12.6 Å². The number of rotatable bonds is 5. The normalized spacial score (nSPS) is 11.3. The molecule has 0 atom stereocenters. The van der Waals surface area contributed by atoms with Crippen LogP contribution in [0.5, 0.6) is 0 Å². The van der Waals surface area contributed by atoms with E-state index in [1.165, 1.54) is 17.0 Å². The highest BCUT2D eigenvalue weighted by Gasteiger charge is 2.30. The smallest absolute Gasteiger partial charge is 0.352 e. The molecule has 2 aromatic carbocycles. The van der Waals surface area contributed by atoms with E-state index in [1.54, 1.807) is 35.6 Å². The van der Waals surface area contributed by atoms with Crippen molar-refractivity contribution in [3.8, 4) is 11.1 Å². The predicted octanol–water partition coefficient (Wildman–Crippen LogP) is 5.41. The third-order valence-corrected chi connectivity index (χ3v) is 4.87. The zero-order valence-electron chi connectivity index (χ0n) is 13.7. The maximum atomic E-state index is 12.7. The van der Waals surface area contributed by atoms with Crippen molar-refractivity contribution in [3.05, 3.63) is 82.0 Å². The average molecular weight is 375 g/mol. The molecule has 134 valence electrons. The van der Waals surface area contributed by atoms with Gasteiger partial charge in [-0.1, -0.05) is 36.4 Å². The Bertz CT molecular complexity index is 871. The number of carbonyl (C=O) groups excluding carboxylic acids is 1. The molecule has 0 spiro atoms. The van der Waals surface area contributed by atoms with E-state index in [0.717, 1.165) is 18.6 Å². The minimum atomic E-state index is -4.38. The molecule has 26 heavy (non-hydrogen) atoms. The zero-order valence-corrected chi connectivity index (χ0v) is 14.5. The standard InChI is InChI=1S/C20H16F3NOS/c21-20(22,23)15-9-7-14(8-10-15)17-5-1-2-6-18(17)19(25)24-12-11-16-4-3-13-26-16/h1-10,13H,11-12H2,(H,24,25). The molecule has 0 aliphatic carbocycles. The molecule has 6 heteroatoms. The van der Waals surface area contributed by atoms with Gasteiger partial charge in [0, 0.05) is 17.0 Å². The van der Waals surface area contributed by atoms with Gasteiger partial charge in [0.1, 0.15) is 0 Å². The highest BCUT2D eigenvalue weighted by Crippen LogP contribution is 2.31. The minimum absolute atomic E-state index is 0.239. The molecule has 0 saturated carbocycles. The Morgan fingerprint density at radius 3 is 2.35 bits per heavy atom. The summed E-state index contributed by atoms with van der Waals surface area (Å²) in [4.78, 5) is 13.7. The van der Waals surface area contributed by atoms with E-state index < -0.39 is 11.7 Å². The van der Waals surface area contributed by atoms with E-state index in [1.807, 2.05) is 17.5 Å². The van der Waals surface area contributed by atoms with Crippen molar-refractivity contribution in [2.75, 3.05) is 6.54 Å². The van der Waals surface area contributed by atoms with Gasteiger partial charge in [0.2, 0.25) is 0 Å². The third-order valence-electron chi connectivity index (χ3n) is 3.93. The summed E-state index contributed by atoms with van der Waals surface area (Å²) in [6, 6.07) is 15.7. The highest BCUT2D eigenvalue weighted by atomic mass is 32.1. The van der Waals surface area contributed by atoms with Crippen LogP contribution in [-0.4, -0.2) is 12.5 Å². The number of benzene rings is 2. The fraction of sp³-hybridized carbons (Fsp3) is 0.150. The fourth-order valence-corrected chi connectivity index (χ4v) is 3.33. The van der Waals surface area contributed by atoms with Gasteiger partial charge in [-0.05, 0) is 47.2 Å². The molecule has 3 aromatic rings. The Kier molecular flexibility index (Phi) is 5.42. The van der Waals surface area contributed by atoms with Crippen molar-refractivity contribution in [1.29, 1.82) is 0 Å². The number of alkyl halides is 3. The summed E-state index contributed by atoms with van der Waals surface area (Å²) in [7, 11) is 0. The van der Waals surface area contributed by atoms with Crippen molar-refractivity contribution in [2.24, 2.45) is 0 Å². The fourth-order valence-electron chi connectivity index (χ4n) is 2.62. The molecular formula is C20H16F3NOS. The Morgan fingerprint density at radius 1 is 0.962 bits per heavy atom. The number of carbonyl (C=O) groups is 1. The van der Waals surface area contributed by atoms with E-state index >= 15 is 0 Å². The maximum absolute atomic E-state index is 12.7. The second kappa shape index (κ2) is 7.74. The first-order valence-electron chi connectivity index (χ1n) is 8.02. The van der Waals surface area contributed by atoms with Crippen molar-refractivity contribution in [3.63, 3.8) is 0 Å². The molecule has 0 unspecified atom stereocenters. The summed E-state index contributed by atoms with van der Waals surface area (Å²) in [5, 5.41) is 4.85. The maximum Gasteiger partial charge on any atom is 0.416 e. The second-order valence-corrected chi connectivity index (χ2v) is 6.74. The zero-order chi connectivity index (χ0) is 18.6. The predicted molar refractivity (Wildman–Crippen MR) is 97.2 cm³/mol. The molecule has 0 radical (unpaired) electrons. The van der Waals surface area contributed by atoms with E-state index in [2.05, 4.69) is 5.32 Å². The first kappa shape index (κ1) is 18.2. The topological polar surface area (TPSA) is 29.1 Å². The van der Waals surface area contributed by atoms with Gasteiger partial charge in [0.15, 0.2) is 0 Å². The van der Waals surface area contributed by atoms with Crippen LogP contribution in [0.15, 0.2) is 66.0 Å². The quantitative estimate of drug-likeness (QED) is 0.635. The number of hydrogen-bond acceptors (Lipinski definition) is 2. The van der Waals surface area contributed by atoms with Gasteiger partial charge in [-0.25, -0.2) is 0 Å². The first-order valence-corrected chi connectivity index (χ1v) is 8.90. The molecule has 0 saturated heterocycles. The number of nitrogens with one attached hydrogen (secondary N) is 1. The number of halogens is 3. The Hall–Kier alpha value is -2.60. The summed E-state index contributed by atoms with van der Waals surface area (Å²) < 4.78 is 38.2. The van der Waals surface area contributed by atoms with E-state index in [-0.39, 0.29) is 5.91 Å². The van der Waals surface area contributed by atoms with Crippen LogP contribution in [0.25, 0.3) is 11.1 Å². The van der Waals surface area contributed by atoms with Crippen LogP contribution in [-0.2, 0) is 12.6 Å². The largest absolute Gasteiger partial charge is 0.416 e. The van der Waals surface area contributed by atoms with Crippen LogP contribution in [0, 0.1) is 0 Å². The van der Waals surface area contributed by atoms with Crippen molar-refractivity contribution >= 4 is 17.2 Å². The van der Waals surface area contributed by atoms with Crippen molar-refractivity contribution < 1.29 is 18.0 Å².